The maximum absolute atomic E-state index is 6.59. The molecular formula is C24H24BrCl2N3O. The van der Waals surface area contributed by atoms with Crippen LogP contribution in [0.15, 0.2) is 51.9 Å². The standard InChI is InChI=1S/C24H24BrCl2N3O/c1-5-19-21(23-28-20(13-31-23)24(2,3)4)29-22(17-11-8-15(26)12-18(17)27)30(19)16-9-6-14(25)7-10-16/h6-12,20H,5,13H2,1-4H3. The highest BCUT2D eigenvalue weighted by atomic mass is 79.9. The van der Waals surface area contributed by atoms with Crippen LogP contribution in [-0.2, 0) is 11.2 Å². The minimum Gasteiger partial charge on any atom is -0.474 e. The number of hydrogen-bond acceptors (Lipinski definition) is 3. The minimum atomic E-state index is 0.0186. The van der Waals surface area contributed by atoms with Crippen molar-refractivity contribution in [1.29, 1.82) is 0 Å². The molecule has 4 rings (SSSR count). The Hall–Kier alpha value is -1.82. The zero-order valence-corrected chi connectivity index (χ0v) is 21.0. The molecule has 31 heavy (non-hydrogen) atoms. The number of hydrogen-bond donors (Lipinski definition) is 0. The van der Waals surface area contributed by atoms with Gasteiger partial charge in [-0.1, -0.05) is 66.8 Å². The van der Waals surface area contributed by atoms with Gasteiger partial charge in [0.15, 0.2) is 0 Å². The fourth-order valence-corrected chi connectivity index (χ4v) is 4.38. The second-order valence-corrected chi connectivity index (χ2v) is 10.4. The molecule has 1 aliphatic rings. The van der Waals surface area contributed by atoms with Gasteiger partial charge in [-0.15, -0.1) is 0 Å². The van der Waals surface area contributed by atoms with Gasteiger partial charge in [0.05, 0.1) is 16.8 Å². The lowest BCUT2D eigenvalue weighted by Crippen LogP contribution is -2.25. The number of aromatic nitrogens is 2. The zero-order chi connectivity index (χ0) is 22.3. The number of imidazole rings is 1. The van der Waals surface area contributed by atoms with E-state index < -0.39 is 0 Å². The molecule has 2 aromatic carbocycles. The highest BCUT2D eigenvalue weighted by Gasteiger charge is 2.33. The fraction of sp³-hybridized carbons (Fsp3) is 0.333. The van der Waals surface area contributed by atoms with E-state index in [2.05, 4.69) is 60.3 Å². The van der Waals surface area contributed by atoms with Crippen LogP contribution in [0.5, 0.6) is 0 Å². The molecule has 7 heteroatoms. The summed E-state index contributed by atoms with van der Waals surface area (Å²) in [5, 5.41) is 1.13. The van der Waals surface area contributed by atoms with E-state index in [-0.39, 0.29) is 11.5 Å². The smallest absolute Gasteiger partial charge is 0.237 e. The van der Waals surface area contributed by atoms with Crippen LogP contribution in [-0.4, -0.2) is 28.1 Å². The molecular weight excluding hydrogens is 497 g/mol. The topological polar surface area (TPSA) is 39.4 Å². The molecule has 1 atom stereocenters. The van der Waals surface area contributed by atoms with Gasteiger partial charge in [-0.05, 0) is 54.3 Å². The number of aliphatic imine (C=N–C) groups is 1. The summed E-state index contributed by atoms with van der Waals surface area (Å²) >= 11 is 16.3. The Balaban J connectivity index is 1.95. The lowest BCUT2D eigenvalue weighted by Gasteiger charge is -2.21. The molecule has 0 fully saturated rings. The van der Waals surface area contributed by atoms with Crippen molar-refractivity contribution in [2.45, 2.75) is 40.2 Å². The second kappa shape index (κ2) is 8.61. The third-order valence-corrected chi connectivity index (χ3v) is 6.49. The van der Waals surface area contributed by atoms with Gasteiger partial charge in [-0.25, -0.2) is 9.98 Å². The first kappa shape index (κ1) is 22.4. The van der Waals surface area contributed by atoms with E-state index in [0.29, 0.717) is 22.5 Å². The molecule has 0 N–H and O–H groups in total. The summed E-state index contributed by atoms with van der Waals surface area (Å²) in [6, 6.07) is 13.7. The van der Waals surface area contributed by atoms with Gasteiger partial charge in [0.1, 0.15) is 18.1 Å². The highest BCUT2D eigenvalue weighted by molar-refractivity contribution is 9.10. The molecule has 0 amide bonds. The lowest BCUT2D eigenvalue weighted by atomic mass is 9.88. The maximum Gasteiger partial charge on any atom is 0.237 e. The van der Waals surface area contributed by atoms with Gasteiger partial charge in [-0.2, -0.15) is 0 Å². The number of benzene rings is 2. The predicted octanol–water partition coefficient (Wildman–Crippen LogP) is 7.36. The quantitative estimate of drug-likeness (QED) is 0.360. The van der Waals surface area contributed by atoms with Crippen LogP contribution in [0.4, 0.5) is 0 Å². The minimum absolute atomic E-state index is 0.0186. The van der Waals surface area contributed by atoms with Gasteiger partial charge >= 0.3 is 0 Å². The van der Waals surface area contributed by atoms with Crippen LogP contribution in [0.1, 0.15) is 39.1 Å². The summed E-state index contributed by atoms with van der Waals surface area (Å²) in [5.74, 6) is 1.33. The summed E-state index contributed by atoms with van der Waals surface area (Å²) in [6.07, 6.45) is 0.756. The molecule has 0 radical (unpaired) electrons. The number of halogens is 3. The van der Waals surface area contributed by atoms with Crippen molar-refractivity contribution in [2.24, 2.45) is 10.4 Å². The molecule has 1 aromatic heterocycles. The van der Waals surface area contributed by atoms with E-state index in [4.69, 9.17) is 37.9 Å². The van der Waals surface area contributed by atoms with Crippen LogP contribution in [0.2, 0.25) is 10.0 Å². The van der Waals surface area contributed by atoms with Crippen molar-refractivity contribution < 1.29 is 4.74 Å². The molecule has 162 valence electrons. The van der Waals surface area contributed by atoms with Crippen molar-refractivity contribution in [2.75, 3.05) is 6.61 Å². The van der Waals surface area contributed by atoms with Crippen molar-refractivity contribution in [3.63, 3.8) is 0 Å². The van der Waals surface area contributed by atoms with Crippen LogP contribution in [0.3, 0.4) is 0 Å². The van der Waals surface area contributed by atoms with E-state index >= 15 is 0 Å². The van der Waals surface area contributed by atoms with Crippen molar-refractivity contribution >= 4 is 45.0 Å². The van der Waals surface area contributed by atoms with Gasteiger partial charge < -0.3 is 4.74 Å². The molecule has 1 unspecified atom stereocenters. The average molecular weight is 521 g/mol. The zero-order valence-electron chi connectivity index (χ0n) is 17.9. The average Bonchev–Trinajstić information content (AvgIpc) is 3.33. The Morgan fingerprint density at radius 2 is 1.84 bits per heavy atom. The number of rotatable bonds is 4. The maximum atomic E-state index is 6.59. The largest absolute Gasteiger partial charge is 0.474 e. The highest BCUT2D eigenvalue weighted by Crippen LogP contribution is 2.35. The van der Waals surface area contributed by atoms with Gasteiger partial charge in [0, 0.05) is 20.7 Å². The Morgan fingerprint density at radius 1 is 1.13 bits per heavy atom. The van der Waals surface area contributed by atoms with E-state index in [1.54, 1.807) is 6.07 Å². The normalized spacial score (nSPS) is 16.4. The summed E-state index contributed by atoms with van der Waals surface area (Å²) in [4.78, 5) is 9.89. The lowest BCUT2D eigenvalue weighted by molar-refractivity contribution is 0.235. The van der Waals surface area contributed by atoms with E-state index in [1.165, 1.54) is 0 Å². The number of nitrogens with zero attached hydrogens (tertiary/aromatic N) is 3. The van der Waals surface area contributed by atoms with Crippen LogP contribution in [0.25, 0.3) is 17.1 Å². The Morgan fingerprint density at radius 3 is 2.42 bits per heavy atom. The SMILES string of the molecule is CCc1c(C2=NC(C(C)(C)C)CO2)nc(-c2ccc(Cl)cc2Cl)n1-c1ccc(Br)cc1. The summed E-state index contributed by atoms with van der Waals surface area (Å²) < 4.78 is 9.19. The summed E-state index contributed by atoms with van der Waals surface area (Å²) in [6.45, 7) is 9.19. The second-order valence-electron chi connectivity index (χ2n) is 8.65. The first-order valence-electron chi connectivity index (χ1n) is 10.2. The summed E-state index contributed by atoms with van der Waals surface area (Å²) in [5.41, 5.74) is 3.60. The van der Waals surface area contributed by atoms with Crippen LogP contribution < -0.4 is 0 Å². The molecule has 0 saturated heterocycles. The number of ether oxygens (including phenoxy) is 1. The monoisotopic (exact) mass is 519 g/mol. The molecule has 2 heterocycles. The first-order chi connectivity index (χ1) is 14.7. The third kappa shape index (κ3) is 4.41. The van der Waals surface area contributed by atoms with Crippen molar-refractivity contribution in [3.05, 3.63) is 68.4 Å². The van der Waals surface area contributed by atoms with Gasteiger partial charge in [0.2, 0.25) is 5.90 Å². The molecule has 0 bridgehead atoms. The molecule has 0 saturated carbocycles. The van der Waals surface area contributed by atoms with E-state index in [0.717, 1.165) is 39.4 Å². The molecule has 0 spiro atoms. The van der Waals surface area contributed by atoms with Crippen LogP contribution in [0, 0.1) is 5.41 Å². The van der Waals surface area contributed by atoms with Crippen LogP contribution >= 0.6 is 39.1 Å². The van der Waals surface area contributed by atoms with Crippen molar-refractivity contribution in [3.8, 4) is 17.1 Å². The Bertz CT molecular complexity index is 1150. The van der Waals surface area contributed by atoms with Crippen molar-refractivity contribution in [1.82, 2.24) is 9.55 Å². The molecule has 0 aliphatic carbocycles. The van der Waals surface area contributed by atoms with E-state index in [1.807, 2.05) is 24.3 Å². The molecule has 4 nitrogen and oxygen atoms in total. The van der Waals surface area contributed by atoms with Gasteiger partial charge in [0.25, 0.3) is 0 Å². The summed E-state index contributed by atoms with van der Waals surface area (Å²) in [7, 11) is 0. The molecule has 3 aromatic rings. The van der Waals surface area contributed by atoms with E-state index in [9.17, 15) is 0 Å². The molecule has 1 aliphatic heterocycles. The Kier molecular flexibility index (Phi) is 6.21. The predicted molar refractivity (Wildman–Crippen MR) is 132 cm³/mol. The fourth-order valence-electron chi connectivity index (χ4n) is 3.62. The van der Waals surface area contributed by atoms with Gasteiger partial charge in [-0.3, -0.25) is 4.57 Å². The first-order valence-corrected chi connectivity index (χ1v) is 11.8. The Labute approximate surface area is 201 Å². The third-order valence-electron chi connectivity index (χ3n) is 5.42.